The molecule has 0 aromatic carbocycles. The molecule has 0 aliphatic carbocycles. The molecule has 0 radical (unpaired) electrons. The molecule has 0 bridgehead atoms. The van der Waals surface area contributed by atoms with Crippen LogP contribution in [0.5, 0.6) is 0 Å². The van der Waals surface area contributed by atoms with Crippen LogP contribution in [0.25, 0.3) is 0 Å². The summed E-state index contributed by atoms with van der Waals surface area (Å²) in [6.07, 6.45) is 1.20. The first-order chi connectivity index (χ1) is 7.49. The minimum Gasteiger partial charge on any atom is -0.361 e. The van der Waals surface area contributed by atoms with Crippen molar-refractivity contribution in [1.82, 2.24) is 10.2 Å². The summed E-state index contributed by atoms with van der Waals surface area (Å²) in [7, 11) is 4.24. The SMILES string of the molecule is CC1CCSC(NC(CN(C)C)C(C)C)=N1. The summed E-state index contributed by atoms with van der Waals surface area (Å²) in [5, 5.41) is 4.73. The molecule has 1 heterocycles. The third kappa shape index (κ3) is 4.74. The van der Waals surface area contributed by atoms with Crippen LogP contribution in [0, 0.1) is 5.92 Å². The normalized spacial score (nSPS) is 23.4. The van der Waals surface area contributed by atoms with E-state index < -0.39 is 0 Å². The van der Waals surface area contributed by atoms with Crippen LogP contribution in [-0.4, -0.2) is 48.5 Å². The minimum atomic E-state index is 0.482. The van der Waals surface area contributed by atoms with Crippen molar-refractivity contribution in [2.45, 2.75) is 39.3 Å². The van der Waals surface area contributed by atoms with Gasteiger partial charge in [-0.25, -0.2) is 0 Å². The highest BCUT2D eigenvalue weighted by molar-refractivity contribution is 8.13. The van der Waals surface area contributed by atoms with Crippen molar-refractivity contribution in [2.24, 2.45) is 10.9 Å². The first kappa shape index (κ1) is 13.8. The third-order valence-electron chi connectivity index (χ3n) is 2.79. The number of hydrogen-bond acceptors (Lipinski definition) is 4. The van der Waals surface area contributed by atoms with Crippen LogP contribution in [0.4, 0.5) is 0 Å². The van der Waals surface area contributed by atoms with Crippen LogP contribution in [0.2, 0.25) is 0 Å². The lowest BCUT2D eigenvalue weighted by atomic mass is 10.0. The zero-order valence-electron chi connectivity index (χ0n) is 11.2. The number of hydrogen-bond donors (Lipinski definition) is 1. The van der Waals surface area contributed by atoms with E-state index >= 15 is 0 Å². The largest absolute Gasteiger partial charge is 0.361 e. The van der Waals surface area contributed by atoms with Gasteiger partial charge < -0.3 is 10.2 Å². The molecule has 1 N–H and O–H groups in total. The van der Waals surface area contributed by atoms with E-state index in [-0.39, 0.29) is 0 Å². The zero-order chi connectivity index (χ0) is 12.1. The molecule has 94 valence electrons. The number of nitrogens with one attached hydrogen (secondary N) is 1. The van der Waals surface area contributed by atoms with Crippen molar-refractivity contribution in [3.63, 3.8) is 0 Å². The zero-order valence-corrected chi connectivity index (χ0v) is 12.0. The summed E-state index contributed by atoms with van der Waals surface area (Å²) >= 11 is 1.86. The van der Waals surface area contributed by atoms with Crippen LogP contribution >= 0.6 is 11.8 Å². The van der Waals surface area contributed by atoms with Gasteiger partial charge >= 0.3 is 0 Å². The second-order valence-electron chi connectivity index (χ2n) is 5.18. The van der Waals surface area contributed by atoms with Crippen LogP contribution in [0.3, 0.4) is 0 Å². The Labute approximate surface area is 104 Å². The standard InChI is InChI=1S/C12H25N3S/c1-9(2)11(8-15(4)5)14-12-13-10(3)6-7-16-12/h9-11H,6-8H2,1-5H3,(H,13,14). The molecule has 0 aromatic rings. The molecule has 0 amide bonds. The van der Waals surface area contributed by atoms with Gasteiger partial charge in [-0.15, -0.1) is 0 Å². The van der Waals surface area contributed by atoms with Crippen molar-refractivity contribution < 1.29 is 0 Å². The van der Waals surface area contributed by atoms with Gasteiger partial charge in [0.2, 0.25) is 0 Å². The van der Waals surface area contributed by atoms with Crippen LogP contribution in [0.15, 0.2) is 4.99 Å². The molecule has 0 saturated carbocycles. The van der Waals surface area contributed by atoms with Crippen molar-refractivity contribution in [1.29, 1.82) is 0 Å². The summed E-state index contributed by atoms with van der Waals surface area (Å²) in [5.74, 6) is 1.82. The fourth-order valence-electron chi connectivity index (χ4n) is 1.68. The van der Waals surface area contributed by atoms with Crippen LogP contribution in [0.1, 0.15) is 27.2 Å². The second-order valence-corrected chi connectivity index (χ2v) is 6.26. The average Bonchev–Trinajstić information content (AvgIpc) is 2.15. The first-order valence-corrected chi connectivity index (χ1v) is 7.09. The van der Waals surface area contributed by atoms with Gasteiger partial charge in [0.05, 0.1) is 6.04 Å². The van der Waals surface area contributed by atoms with Crippen molar-refractivity contribution >= 4 is 16.9 Å². The Morgan fingerprint density at radius 2 is 2.19 bits per heavy atom. The van der Waals surface area contributed by atoms with Gasteiger partial charge in [-0.3, -0.25) is 4.99 Å². The molecule has 0 fully saturated rings. The molecule has 2 unspecified atom stereocenters. The lowest BCUT2D eigenvalue weighted by molar-refractivity contribution is 0.313. The summed E-state index contributed by atoms with van der Waals surface area (Å²) in [6.45, 7) is 7.78. The Morgan fingerprint density at radius 1 is 1.50 bits per heavy atom. The van der Waals surface area contributed by atoms with E-state index in [9.17, 15) is 0 Å². The highest BCUT2D eigenvalue weighted by Gasteiger charge is 2.18. The topological polar surface area (TPSA) is 27.6 Å². The number of rotatable bonds is 4. The Bertz CT molecular complexity index is 238. The van der Waals surface area contributed by atoms with Crippen LogP contribution in [-0.2, 0) is 0 Å². The minimum absolute atomic E-state index is 0.482. The summed E-state index contributed by atoms with van der Waals surface area (Å²) in [6, 6.07) is 0.975. The lowest BCUT2D eigenvalue weighted by Crippen LogP contribution is -2.45. The lowest BCUT2D eigenvalue weighted by Gasteiger charge is -2.28. The smallest absolute Gasteiger partial charge is 0.157 e. The molecule has 1 aliphatic heterocycles. The van der Waals surface area contributed by atoms with Gasteiger partial charge in [0.1, 0.15) is 0 Å². The molecule has 2 atom stereocenters. The quantitative estimate of drug-likeness (QED) is 0.819. The van der Waals surface area contributed by atoms with Gasteiger partial charge in [0.15, 0.2) is 5.17 Å². The maximum Gasteiger partial charge on any atom is 0.157 e. The number of nitrogens with zero attached hydrogens (tertiary/aromatic N) is 2. The van der Waals surface area contributed by atoms with Gasteiger partial charge in [-0.05, 0) is 33.4 Å². The van der Waals surface area contributed by atoms with E-state index in [1.165, 1.54) is 12.2 Å². The molecule has 4 heteroatoms. The predicted octanol–water partition coefficient (Wildman–Crippen LogP) is 2.04. The molecule has 0 spiro atoms. The molecular weight excluding hydrogens is 218 g/mol. The van der Waals surface area contributed by atoms with Crippen molar-refractivity contribution in [3.8, 4) is 0 Å². The molecule has 0 aromatic heterocycles. The van der Waals surface area contributed by atoms with Gasteiger partial charge in [-0.2, -0.15) is 0 Å². The number of likely N-dealkylation sites (N-methyl/N-ethyl adjacent to an activating group) is 1. The Hall–Kier alpha value is -0.220. The molecule has 0 saturated heterocycles. The number of amidine groups is 1. The maximum atomic E-state index is 4.66. The average molecular weight is 243 g/mol. The second kappa shape index (κ2) is 6.50. The molecule has 1 rings (SSSR count). The van der Waals surface area contributed by atoms with E-state index in [2.05, 4.69) is 50.1 Å². The fourth-order valence-corrected chi connectivity index (χ4v) is 2.82. The van der Waals surface area contributed by atoms with Crippen LogP contribution < -0.4 is 5.32 Å². The third-order valence-corrected chi connectivity index (χ3v) is 3.72. The highest BCUT2D eigenvalue weighted by Crippen LogP contribution is 2.17. The molecule has 1 aliphatic rings. The van der Waals surface area contributed by atoms with E-state index in [0.717, 1.165) is 11.7 Å². The summed E-state index contributed by atoms with van der Waals surface area (Å²) in [4.78, 5) is 6.89. The molecule has 16 heavy (non-hydrogen) atoms. The predicted molar refractivity (Wildman–Crippen MR) is 74.3 cm³/mol. The number of thioether (sulfide) groups is 1. The van der Waals surface area contributed by atoms with Gasteiger partial charge in [0.25, 0.3) is 0 Å². The fraction of sp³-hybridized carbons (Fsp3) is 0.917. The monoisotopic (exact) mass is 243 g/mol. The molecular formula is C12H25N3S. The number of aliphatic imine (C=N–C) groups is 1. The Balaban J connectivity index is 2.53. The highest BCUT2D eigenvalue weighted by atomic mass is 32.2. The Kier molecular flexibility index (Phi) is 5.62. The van der Waals surface area contributed by atoms with Crippen molar-refractivity contribution in [3.05, 3.63) is 0 Å². The van der Waals surface area contributed by atoms with Crippen molar-refractivity contribution in [2.75, 3.05) is 26.4 Å². The van der Waals surface area contributed by atoms with Gasteiger partial charge in [-0.1, -0.05) is 25.6 Å². The van der Waals surface area contributed by atoms with E-state index in [0.29, 0.717) is 18.0 Å². The van der Waals surface area contributed by atoms with E-state index in [1.807, 2.05) is 11.8 Å². The Morgan fingerprint density at radius 3 is 2.69 bits per heavy atom. The summed E-state index contributed by atoms with van der Waals surface area (Å²) in [5.41, 5.74) is 0. The molecule has 3 nitrogen and oxygen atoms in total. The maximum absolute atomic E-state index is 4.66. The van der Waals surface area contributed by atoms with E-state index in [1.54, 1.807) is 0 Å². The first-order valence-electron chi connectivity index (χ1n) is 6.11. The summed E-state index contributed by atoms with van der Waals surface area (Å²) < 4.78 is 0. The van der Waals surface area contributed by atoms with Gasteiger partial charge in [0, 0.05) is 18.3 Å². The van der Waals surface area contributed by atoms with E-state index in [4.69, 9.17) is 0 Å².